The van der Waals surface area contributed by atoms with Crippen LogP contribution in [0.15, 0.2) is 54.6 Å². The molecule has 0 saturated carbocycles. The fraction of sp³-hybridized carbons (Fsp3) is 0.310. The number of benzene rings is 2. The third-order valence-electron chi connectivity index (χ3n) is 7.11. The van der Waals surface area contributed by atoms with Crippen molar-refractivity contribution in [1.82, 2.24) is 4.98 Å². The minimum absolute atomic E-state index is 0.140. The lowest BCUT2D eigenvalue weighted by Crippen LogP contribution is -2.27. The first-order valence-electron chi connectivity index (χ1n) is 12.5. The predicted molar refractivity (Wildman–Crippen MR) is 159 cm³/mol. The summed E-state index contributed by atoms with van der Waals surface area (Å²) in [5, 5.41) is 3.71. The number of pyridine rings is 1. The SMILES string of the molecule is COc1cc(OC(F)(F)F)cc(C(C)(C)c2cc(Cl)cc(NC(=O)c3cc4cc(C(C)(C)S(C)(=O)=O)ccc4s3)n2)c1. The van der Waals surface area contributed by atoms with Gasteiger partial charge in [0.25, 0.3) is 5.91 Å². The molecule has 4 rings (SSSR count). The van der Waals surface area contributed by atoms with Crippen molar-refractivity contribution in [2.75, 3.05) is 18.7 Å². The van der Waals surface area contributed by atoms with E-state index in [1.807, 2.05) is 0 Å². The summed E-state index contributed by atoms with van der Waals surface area (Å²) in [6, 6.07) is 13.9. The Morgan fingerprint density at radius 2 is 1.62 bits per heavy atom. The van der Waals surface area contributed by atoms with E-state index in [4.69, 9.17) is 16.3 Å². The number of nitrogens with one attached hydrogen (secondary N) is 1. The highest BCUT2D eigenvalue weighted by Crippen LogP contribution is 2.38. The Morgan fingerprint density at radius 1 is 0.952 bits per heavy atom. The number of hydrogen-bond donors (Lipinski definition) is 1. The van der Waals surface area contributed by atoms with Gasteiger partial charge in [0.2, 0.25) is 0 Å². The Hall–Kier alpha value is -3.35. The normalized spacial score (nSPS) is 12.8. The van der Waals surface area contributed by atoms with Crippen molar-refractivity contribution in [3.63, 3.8) is 0 Å². The van der Waals surface area contributed by atoms with Gasteiger partial charge in [0.05, 0.1) is 22.4 Å². The van der Waals surface area contributed by atoms with Gasteiger partial charge in [-0.1, -0.05) is 31.5 Å². The number of alkyl halides is 3. The molecule has 0 aliphatic rings. The molecule has 0 aliphatic carbocycles. The molecule has 224 valence electrons. The smallest absolute Gasteiger partial charge is 0.497 e. The van der Waals surface area contributed by atoms with Crippen molar-refractivity contribution in [2.45, 2.75) is 44.2 Å². The molecule has 42 heavy (non-hydrogen) atoms. The minimum Gasteiger partial charge on any atom is -0.497 e. The van der Waals surface area contributed by atoms with E-state index in [1.54, 1.807) is 64.1 Å². The predicted octanol–water partition coefficient (Wildman–Crippen LogP) is 7.71. The number of fused-ring (bicyclic) bond motifs is 1. The molecule has 0 fully saturated rings. The lowest BCUT2D eigenvalue weighted by Gasteiger charge is -2.27. The van der Waals surface area contributed by atoms with Crippen LogP contribution in [0.2, 0.25) is 5.02 Å². The van der Waals surface area contributed by atoms with Crippen molar-refractivity contribution in [3.8, 4) is 11.5 Å². The Morgan fingerprint density at radius 3 is 2.24 bits per heavy atom. The number of amides is 1. The van der Waals surface area contributed by atoms with E-state index < -0.39 is 38.0 Å². The average molecular weight is 641 g/mol. The van der Waals surface area contributed by atoms with Crippen molar-refractivity contribution >= 4 is 54.6 Å². The van der Waals surface area contributed by atoms with Crippen LogP contribution in [-0.2, 0) is 20.0 Å². The third-order valence-corrected chi connectivity index (χ3v) is 10.5. The number of carbonyl (C=O) groups excluding carboxylic acids is 1. The number of nitrogens with zero attached hydrogens (tertiary/aromatic N) is 1. The summed E-state index contributed by atoms with van der Waals surface area (Å²) < 4.78 is 72.3. The average Bonchev–Trinajstić information content (AvgIpc) is 3.30. The molecule has 0 spiro atoms. The van der Waals surface area contributed by atoms with E-state index in [2.05, 4.69) is 15.0 Å². The zero-order valence-electron chi connectivity index (χ0n) is 23.5. The lowest BCUT2D eigenvalue weighted by atomic mass is 9.81. The molecule has 0 aliphatic heterocycles. The molecule has 0 radical (unpaired) electrons. The highest BCUT2D eigenvalue weighted by molar-refractivity contribution is 7.91. The molecule has 0 atom stereocenters. The molecule has 0 saturated heterocycles. The van der Waals surface area contributed by atoms with Crippen LogP contribution in [0, 0.1) is 0 Å². The lowest BCUT2D eigenvalue weighted by molar-refractivity contribution is -0.274. The number of methoxy groups -OCH3 is 1. The number of halogens is 4. The summed E-state index contributed by atoms with van der Waals surface area (Å²) in [6.45, 7) is 6.74. The van der Waals surface area contributed by atoms with E-state index >= 15 is 0 Å². The second-order valence-electron chi connectivity index (χ2n) is 10.7. The van der Waals surface area contributed by atoms with E-state index in [-0.39, 0.29) is 16.6 Å². The van der Waals surface area contributed by atoms with Crippen LogP contribution in [-0.4, -0.2) is 39.0 Å². The van der Waals surface area contributed by atoms with Gasteiger partial charge in [0.1, 0.15) is 17.3 Å². The maximum absolute atomic E-state index is 13.2. The number of hydrogen-bond acceptors (Lipinski definition) is 7. The van der Waals surface area contributed by atoms with Gasteiger partial charge in [-0.15, -0.1) is 24.5 Å². The fourth-order valence-electron chi connectivity index (χ4n) is 4.19. The Bertz CT molecular complexity index is 1780. The molecule has 0 bridgehead atoms. The van der Waals surface area contributed by atoms with Gasteiger partial charge in [0.15, 0.2) is 9.84 Å². The second kappa shape index (κ2) is 11.1. The van der Waals surface area contributed by atoms with Crippen LogP contribution in [0.4, 0.5) is 19.0 Å². The van der Waals surface area contributed by atoms with E-state index in [0.717, 1.165) is 16.2 Å². The standard InChI is InChI=1S/C29H28ClF3N2O5S2/c1-27(2,18-11-20(39-5)15-21(12-18)40-29(31,32)33)24-13-19(30)14-25(34-24)35-26(36)23-10-16-9-17(7-8-22(16)41-23)28(3,4)42(6,37)38/h7-15H,1-6H3,(H,34,35,36). The van der Waals surface area contributed by atoms with Gasteiger partial charge in [-0.3, -0.25) is 4.79 Å². The van der Waals surface area contributed by atoms with Gasteiger partial charge < -0.3 is 14.8 Å². The Balaban J connectivity index is 1.65. The molecule has 2 heterocycles. The van der Waals surface area contributed by atoms with Crippen LogP contribution in [0.1, 0.15) is 54.2 Å². The number of anilines is 1. The maximum Gasteiger partial charge on any atom is 0.573 e. The fourth-order valence-corrected chi connectivity index (χ4v) is 5.89. The summed E-state index contributed by atoms with van der Waals surface area (Å²) in [7, 11) is -2.06. The number of thiophene rings is 1. The minimum atomic E-state index is -4.89. The second-order valence-corrected chi connectivity index (χ2v) is 14.8. The van der Waals surface area contributed by atoms with Crippen molar-refractivity contribution in [2.24, 2.45) is 0 Å². The third kappa shape index (κ3) is 6.66. The number of carbonyl (C=O) groups is 1. The first-order valence-corrected chi connectivity index (χ1v) is 15.6. The largest absolute Gasteiger partial charge is 0.573 e. The van der Waals surface area contributed by atoms with E-state index in [1.165, 1.54) is 36.8 Å². The van der Waals surface area contributed by atoms with Crippen LogP contribution in [0.3, 0.4) is 0 Å². The topological polar surface area (TPSA) is 94.6 Å². The number of aromatic nitrogens is 1. The molecule has 4 aromatic rings. The molecular weight excluding hydrogens is 613 g/mol. The summed E-state index contributed by atoms with van der Waals surface area (Å²) in [5.41, 5.74) is 0.404. The molecule has 2 aromatic carbocycles. The molecule has 1 amide bonds. The summed E-state index contributed by atoms with van der Waals surface area (Å²) in [4.78, 5) is 18.1. The molecular formula is C29H28ClF3N2O5S2. The van der Waals surface area contributed by atoms with E-state index in [9.17, 15) is 26.4 Å². The summed E-state index contributed by atoms with van der Waals surface area (Å²) in [5.74, 6) is -0.612. The van der Waals surface area contributed by atoms with Crippen molar-refractivity contribution < 1.29 is 35.9 Å². The van der Waals surface area contributed by atoms with Gasteiger partial charge in [-0.2, -0.15) is 0 Å². The van der Waals surface area contributed by atoms with Crippen molar-refractivity contribution in [3.05, 3.63) is 81.3 Å². The molecule has 13 heteroatoms. The number of rotatable bonds is 8. The van der Waals surface area contributed by atoms with Crippen LogP contribution < -0.4 is 14.8 Å². The number of ether oxygens (including phenoxy) is 2. The van der Waals surface area contributed by atoms with Crippen LogP contribution >= 0.6 is 22.9 Å². The maximum atomic E-state index is 13.2. The summed E-state index contributed by atoms with van der Waals surface area (Å²) >= 11 is 7.61. The first-order chi connectivity index (χ1) is 19.3. The number of sulfone groups is 1. The van der Waals surface area contributed by atoms with Gasteiger partial charge in [0, 0.05) is 27.5 Å². The zero-order valence-corrected chi connectivity index (χ0v) is 25.9. The van der Waals surface area contributed by atoms with Crippen LogP contribution in [0.5, 0.6) is 11.5 Å². The molecule has 0 unspecified atom stereocenters. The first kappa shape index (κ1) is 31.6. The van der Waals surface area contributed by atoms with E-state index in [0.29, 0.717) is 21.7 Å². The molecule has 1 N–H and O–H groups in total. The quantitative estimate of drug-likeness (QED) is 0.212. The summed E-state index contributed by atoms with van der Waals surface area (Å²) in [6.07, 6.45) is -3.71. The van der Waals surface area contributed by atoms with Crippen LogP contribution in [0.25, 0.3) is 10.1 Å². The molecule has 7 nitrogen and oxygen atoms in total. The van der Waals surface area contributed by atoms with Gasteiger partial charge >= 0.3 is 6.36 Å². The Labute approximate surface area is 250 Å². The van der Waals surface area contributed by atoms with Crippen molar-refractivity contribution in [1.29, 1.82) is 0 Å². The van der Waals surface area contributed by atoms with Gasteiger partial charge in [-0.25, -0.2) is 13.4 Å². The zero-order chi connectivity index (χ0) is 31.3. The van der Waals surface area contributed by atoms with Gasteiger partial charge in [-0.05, 0) is 72.8 Å². The highest BCUT2D eigenvalue weighted by atomic mass is 35.5. The Kier molecular flexibility index (Phi) is 8.31. The highest BCUT2D eigenvalue weighted by Gasteiger charge is 2.34. The monoisotopic (exact) mass is 640 g/mol. The molecule has 2 aromatic heterocycles.